The van der Waals surface area contributed by atoms with Crippen LogP contribution in [0.25, 0.3) is 0 Å². The molecule has 0 aromatic heterocycles. The van der Waals surface area contributed by atoms with E-state index < -0.39 is 5.97 Å². The molecule has 1 amide bonds. The highest BCUT2D eigenvalue weighted by Crippen LogP contribution is 2.11. The third-order valence-electron chi connectivity index (χ3n) is 3.04. The van der Waals surface area contributed by atoms with Crippen LogP contribution in [0.3, 0.4) is 0 Å². The van der Waals surface area contributed by atoms with Gasteiger partial charge in [0.1, 0.15) is 5.75 Å². The number of benzene rings is 1. The van der Waals surface area contributed by atoms with Crippen molar-refractivity contribution in [3.8, 4) is 5.75 Å². The summed E-state index contributed by atoms with van der Waals surface area (Å²) in [7, 11) is 0. The molecular weight excluding hydrogens is 270 g/mol. The summed E-state index contributed by atoms with van der Waals surface area (Å²) in [5.41, 5.74) is 1.18. The maximum absolute atomic E-state index is 11.6. The molecule has 1 aromatic carbocycles. The minimum absolute atomic E-state index is 0.0674. The number of carbonyl (C=O) groups excluding carboxylic acids is 1. The summed E-state index contributed by atoms with van der Waals surface area (Å²) in [4.78, 5) is 22.1. The number of amides is 1. The van der Waals surface area contributed by atoms with Crippen molar-refractivity contribution in [3.63, 3.8) is 0 Å². The van der Waals surface area contributed by atoms with Crippen molar-refractivity contribution in [2.24, 2.45) is 0 Å². The smallest absolute Gasteiger partial charge is 0.303 e. The van der Waals surface area contributed by atoms with E-state index in [0.29, 0.717) is 25.9 Å². The molecule has 0 spiro atoms. The second-order valence-corrected chi connectivity index (χ2v) is 5.17. The molecule has 5 nitrogen and oxygen atoms in total. The first-order chi connectivity index (χ1) is 9.97. The summed E-state index contributed by atoms with van der Waals surface area (Å²) in [6, 6.07) is 7.65. The van der Waals surface area contributed by atoms with Crippen molar-refractivity contribution in [1.29, 1.82) is 0 Å². The minimum Gasteiger partial charge on any atom is -0.494 e. The van der Waals surface area contributed by atoms with Gasteiger partial charge >= 0.3 is 5.97 Å². The van der Waals surface area contributed by atoms with E-state index in [9.17, 15) is 9.59 Å². The van der Waals surface area contributed by atoms with Gasteiger partial charge in [-0.1, -0.05) is 17.7 Å². The summed E-state index contributed by atoms with van der Waals surface area (Å²) in [5.74, 6) is -0.112. The normalized spacial score (nSPS) is 11.7. The van der Waals surface area contributed by atoms with Crippen LogP contribution in [-0.2, 0) is 9.59 Å². The fourth-order valence-corrected chi connectivity index (χ4v) is 1.82. The number of nitrogens with one attached hydrogen (secondary N) is 1. The molecule has 1 atom stereocenters. The molecule has 0 aliphatic rings. The van der Waals surface area contributed by atoms with Crippen LogP contribution < -0.4 is 10.1 Å². The van der Waals surface area contributed by atoms with Crippen LogP contribution in [0.5, 0.6) is 5.75 Å². The number of carboxylic acid groups (broad SMARTS) is 1. The van der Waals surface area contributed by atoms with Gasteiger partial charge in [-0.15, -0.1) is 0 Å². The zero-order valence-electron chi connectivity index (χ0n) is 12.6. The highest BCUT2D eigenvalue weighted by atomic mass is 16.5. The highest BCUT2D eigenvalue weighted by molar-refractivity contribution is 5.76. The fraction of sp³-hybridized carbons (Fsp3) is 0.500. The van der Waals surface area contributed by atoms with E-state index >= 15 is 0 Å². The third kappa shape index (κ3) is 7.97. The van der Waals surface area contributed by atoms with Gasteiger partial charge in [-0.25, -0.2) is 0 Å². The van der Waals surface area contributed by atoms with Crippen LogP contribution in [0.2, 0.25) is 0 Å². The monoisotopic (exact) mass is 293 g/mol. The summed E-state index contributed by atoms with van der Waals surface area (Å²) >= 11 is 0. The Bertz CT molecular complexity index is 456. The predicted octanol–water partition coefficient (Wildman–Crippen LogP) is 2.52. The number of carbonyl (C=O) groups is 2. The first-order valence-electron chi connectivity index (χ1n) is 7.18. The average Bonchev–Trinajstić information content (AvgIpc) is 2.43. The molecule has 21 heavy (non-hydrogen) atoms. The molecule has 0 heterocycles. The molecule has 0 saturated heterocycles. The molecule has 1 aromatic rings. The molecule has 0 bridgehead atoms. The third-order valence-corrected chi connectivity index (χ3v) is 3.04. The number of aliphatic carboxylic acids is 1. The number of hydrogen-bond donors (Lipinski definition) is 2. The van der Waals surface area contributed by atoms with Gasteiger partial charge in [-0.2, -0.15) is 0 Å². The maximum Gasteiger partial charge on any atom is 0.303 e. The molecular formula is C16H23NO4. The van der Waals surface area contributed by atoms with E-state index in [-0.39, 0.29) is 18.4 Å². The molecule has 2 N–H and O–H groups in total. The largest absolute Gasteiger partial charge is 0.494 e. The van der Waals surface area contributed by atoms with Crippen LogP contribution in [-0.4, -0.2) is 29.6 Å². The standard InChI is InChI=1S/C16H23NO4/c1-12-5-8-14(9-6-12)21-11-3-4-15(18)17-13(2)7-10-16(19)20/h5-6,8-9,13H,3-4,7,10-11H2,1-2H3,(H,17,18)(H,19,20). The molecule has 1 unspecified atom stereocenters. The summed E-state index contributed by atoms with van der Waals surface area (Å²) in [5, 5.41) is 11.3. The fourth-order valence-electron chi connectivity index (χ4n) is 1.82. The zero-order valence-corrected chi connectivity index (χ0v) is 12.6. The van der Waals surface area contributed by atoms with Crippen molar-refractivity contribution in [2.75, 3.05) is 6.61 Å². The molecule has 0 saturated carbocycles. The predicted molar refractivity (Wildman–Crippen MR) is 80.4 cm³/mol. The molecule has 5 heteroatoms. The second-order valence-electron chi connectivity index (χ2n) is 5.17. The molecule has 0 radical (unpaired) electrons. The lowest BCUT2D eigenvalue weighted by Crippen LogP contribution is -2.32. The van der Waals surface area contributed by atoms with Crippen LogP contribution in [0.4, 0.5) is 0 Å². The number of ether oxygens (including phenoxy) is 1. The Morgan fingerprint density at radius 3 is 2.52 bits per heavy atom. The van der Waals surface area contributed by atoms with Crippen molar-refractivity contribution in [3.05, 3.63) is 29.8 Å². The van der Waals surface area contributed by atoms with Gasteiger partial charge in [-0.3, -0.25) is 9.59 Å². The van der Waals surface area contributed by atoms with Crippen molar-refractivity contribution in [1.82, 2.24) is 5.32 Å². The van der Waals surface area contributed by atoms with Gasteiger partial charge in [-0.05, 0) is 38.8 Å². The minimum atomic E-state index is -0.845. The molecule has 0 aliphatic heterocycles. The van der Waals surface area contributed by atoms with Gasteiger partial charge in [0.15, 0.2) is 0 Å². The van der Waals surface area contributed by atoms with Crippen LogP contribution in [0.1, 0.15) is 38.2 Å². The number of aryl methyl sites for hydroxylation is 1. The van der Waals surface area contributed by atoms with Crippen LogP contribution in [0, 0.1) is 6.92 Å². The Hall–Kier alpha value is -2.04. The van der Waals surface area contributed by atoms with E-state index in [2.05, 4.69) is 5.32 Å². The SMILES string of the molecule is Cc1ccc(OCCCC(=O)NC(C)CCC(=O)O)cc1. The van der Waals surface area contributed by atoms with Crippen LogP contribution in [0.15, 0.2) is 24.3 Å². The van der Waals surface area contributed by atoms with Crippen molar-refractivity contribution >= 4 is 11.9 Å². The maximum atomic E-state index is 11.6. The summed E-state index contributed by atoms with van der Waals surface area (Å²) < 4.78 is 5.54. The van der Waals surface area contributed by atoms with Gasteiger partial charge in [0, 0.05) is 18.9 Å². The molecule has 0 fully saturated rings. The quantitative estimate of drug-likeness (QED) is 0.686. The van der Waals surface area contributed by atoms with Gasteiger partial charge in [0.2, 0.25) is 5.91 Å². The van der Waals surface area contributed by atoms with E-state index in [0.717, 1.165) is 5.75 Å². The van der Waals surface area contributed by atoms with Gasteiger partial charge < -0.3 is 15.2 Å². The molecule has 0 aliphatic carbocycles. The summed E-state index contributed by atoms with van der Waals surface area (Å²) in [6.07, 6.45) is 1.52. The summed E-state index contributed by atoms with van der Waals surface area (Å²) in [6.45, 7) is 4.31. The highest BCUT2D eigenvalue weighted by Gasteiger charge is 2.09. The average molecular weight is 293 g/mol. The Balaban J connectivity index is 2.13. The zero-order chi connectivity index (χ0) is 15.7. The Kier molecular flexibility index (Phi) is 7.29. The van der Waals surface area contributed by atoms with E-state index in [4.69, 9.17) is 9.84 Å². The van der Waals surface area contributed by atoms with E-state index in [1.165, 1.54) is 5.56 Å². The molecule has 1 rings (SSSR count). The lowest BCUT2D eigenvalue weighted by Gasteiger charge is -2.12. The Morgan fingerprint density at radius 1 is 1.24 bits per heavy atom. The van der Waals surface area contributed by atoms with Gasteiger partial charge in [0.25, 0.3) is 0 Å². The van der Waals surface area contributed by atoms with E-state index in [1.807, 2.05) is 38.1 Å². The van der Waals surface area contributed by atoms with Gasteiger partial charge in [0.05, 0.1) is 6.61 Å². The van der Waals surface area contributed by atoms with Crippen molar-refractivity contribution < 1.29 is 19.4 Å². The first-order valence-corrected chi connectivity index (χ1v) is 7.18. The van der Waals surface area contributed by atoms with Crippen molar-refractivity contribution in [2.45, 2.75) is 45.6 Å². The van der Waals surface area contributed by atoms with E-state index in [1.54, 1.807) is 0 Å². The Morgan fingerprint density at radius 2 is 1.90 bits per heavy atom. The lowest BCUT2D eigenvalue weighted by molar-refractivity contribution is -0.137. The number of carboxylic acids is 1. The Labute approximate surface area is 125 Å². The van der Waals surface area contributed by atoms with Crippen LogP contribution >= 0.6 is 0 Å². The second kappa shape index (κ2) is 9.00. The molecule has 116 valence electrons. The number of hydrogen-bond acceptors (Lipinski definition) is 3. The number of rotatable bonds is 9. The lowest BCUT2D eigenvalue weighted by atomic mass is 10.2. The topological polar surface area (TPSA) is 75.6 Å². The first kappa shape index (κ1) is 17.0.